The number of nitrogens with one attached hydrogen (secondary N) is 1. The fourth-order valence-corrected chi connectivity index (χ4v) is 13.9. The van der Waals surface area contributed by atoms with E-state index in [1.807, 2.05) is 58.9 Å². The minimum Gasteiger partial charge on any atom is -0.762 e. The van der Waals surface area contributed by atoms with Gasteiger partial charge in [-0.2, -0.15) is 0 Å². The lowest BCUT2D eigenvalue weighted by molar-refractivity contribution is -0.317. The molecule has 1 amide bonds. The van der Waals surface area contributed by atoms with Gasteiger partial charge in [-0.05, 0) is 90.6 Å². The van der Waals surface area contributed by atoms with Crippen LogP contribution in [-0.4, -0.2) is 147 Å². The Hall–Kier alpha value is -3.57. The van der Waals surface area contributed by atoms with Crippen LogP contribution < -0.4 is 5.32 Å². The van der Waals surface area contributed by atoms with Crippen LogP contribution in [0.15, 0.2) is 58.4 Å². The SMILES string of the molecule is COC(=O)NC1C(C)OC(OC2CC=C(C)C3C=CC4C(OC5CC(OC6CC(O)C(O)C(C)O6)C(O)C(C)O5)C(C)CC(C)C4C3(C)C(O)=C3C(=O)OC4(CC(C)C(C)=CC4C=C2C)C3=O)CC1(C)N([O-])O. The Labute approximate surface area is 428 Å². The average Bonchev–Trinajstić information content (AvgIpc) is 3.56. The maximum atomic E-state index is 15.4. The highest BCUT2D eigenvalue weighted by atomic mass is 16.8. The van der Waals surface area contributed by atoms with E-state index in [1.54, 1.807) is 20.8 Å². The van der Waals surface area contributed by atoms with Crippen LogP contribution in [0.25, 0.3) is 0 Å². The molecule has 4 aliphatic carbocycles. The van der Waals surface area contributed by atoms with Crippen LogP contribution in [0.4, 0.5) is 4.79 Å². The van der Waals surface area contributed by atoms with Crippen molar-refractivity contribution < 1.29 is 77.9 Å². The fraction of sp³-hybridized carbons (Fsp3) is 0.759. The summed E-state index contributed by atoms with van der Waals surface area (Å²) in [4.78, 5) is 42.4. The van der Waals surface area contributed by atoms with Crippen LogP contribution >= 0.6 is 0 Å². The Morgan fingerprint density at radius 3 is 2.11 bits per heavy atom. The molecular weight excluding hydrogens is 949 g/mol. The number of allylic oxidation sites excluding steroid dienone is 4. The molecule has 4 saturated heterocycles. The van der Waals surface area contributed by atoms with Crippen LogP contribution in [0.3, 0.4) is 0 Å². The summed E-state index contributed by atoms with van der Waals surface area (Å²) in [7, 11) is 1.19. The molecule has 23 unspecified atom stereocenters. The summed E-state index contributed by atoms with van der Waals surface area (Å²) in [5, 5.41) is 71.0. The molecule has 5 fully saturated rings. The molecule has 0 radical (unpaired) electrons. The number of esters is 1. The smallest absolute Gasteiger partial charge is 0.407 e. The predicted octanol–water partition coefficient (Wildman–Crippen LogP) is 5.98. The zero-order valence-corrected chi connectivity index (χ0v) is 44.3. The summed E-state index contributed by atoms with van der Waals surface area (Å²) in [6, 6.07) is -0.985. The van der Waals surface area contributed by atoms with Gasteiger partial charge in [-0.3, -0.25) is 10.0 Å². The number of rotatable bonds is 8. The molecule has 0 aromatic heterocycles. The summed E-state index contributed by atoms with van der Waals surface area (Å²) in [5.41, 5.74) is -2.43. The fourth-order valence-electron chi connectivity index (χ4n) is 13.9. The predicted molar refractivity (Wildman–Crippen MR) is 262 cm³/mol. The van der Waals surface area contributed by atoms with Crippen molar-refractivity contribution in [2.75, 3.05) is 7.11 Å². The van der Waals surface area contributed by atoms with Crippen molar-refractivity contribution in [3.05, 3.63) is 63.6 Å². The summed E-state index contributed by atoms with van der Waals surface area (Å²) in [6.07, 6.45) is 0.0694. The van der Waals surface area contributed by atoms with Gasteiger partial charge in [-0.1, -0.05) is 69.2 Å². The van der Waals surface area contributed by atoms with E-state index < -0.39 is 132 Å². The van der Waals surface area contributed by atoms with Crippen molar-refractivity contribution in [2.45, 2.75) is 206 Å². The van der Waals surface area contributed by atoms with Gasteiger partial charge in [-0.15, -0.1) is 0 Å². The summed E-state index contributed by atoms with van der Waals surface area (Å²) < 4.78 is 49.7. The van der Waals surface area contributed by atoms with Gasteiger partial charge in [0.15, 0.2) is 24.5 Å². The molecular formula is C54H79N2O17-. The first-order chi connectivity index (χ1) is 34.2. The topological polar surface area (TPSA) is 265 Å². The number of nitrogens with zero attached hydrogens (tertiary/aromatic N) is 1. The van der Waals surface area contributed by atoms with Crippen molar-refractivity contribution in [1.29, 1.82) is 0 Å². The van der Waals surface area contributed by atoms with Crippen LogP contribution in [-0.2, 0) is 47.5 Å². The van der Waals surface area contributed by atoms with Crippen molar-refractivity contribution in [2.24, 2.45) is 46.8 Å². The van der Waals surface area contributed by atoms with Gasteiger partial charge in [0.1, 0.15) is 23.5 Å². The van der Waals surface area contributed by atoms with Gasteiger partial charge in [0.25, 0.3) is 0 Å². The molecule has 0 aromatic rings. The average molecular weight is 1030 g/mol. The van der Waals surface area contributed by atoms with Crippen LogP contribution in [0.2, 0.25) is 0 Å². The first-order valence-corrected chi connectivity index (χ1v) is 26.2. The first kappa shape index (κ1) is 55.7. The number of alkyl carbamates (subject to hydrolysis) is 1. The lowest BCUT2D eigenvalue weighted by Gasteiger charge is -2.56. The van der Waals surface area contributed by atoms with Gasteiger partial charge in [0, 0.05) is 48.9 Å². The summed E-state index contributed by atoms with van der Waals surface area (Å²) in [6.45, 7) is 20.5. The number of methoxy groups -OCH3 is 1. The molecule has 19 heteroatoms. The van der Waals surface area contributed by atoms with Gasteiger partial charge < -0.3 is 74.1 Å². The van der Waals surface area contributed by atoms with Crippen LogP contribution in [0, 0.1) is 52.0 Å². The second-order valence-electron chi connectivity index (χ2n) is 23.1. The van der Waals surface area contributed by atoms with Crippen molar-refractivity contribution >= 4 is 17.8 Å². The quantitative estimate of drug-likeness (QED) is 0.0707. The number of hydrogen-bond donors (Lipinski definition) is 6. The van der Waals surface area contributed by atoms with E-state index >= 15 is 4.79 Å². The maximum absolute atomic E-state index is 15.4. The molecule has 73 heavy (non-hydrogen) atoms. The van der Waals surface area contributed by atoms with Gasteiger partial charge in [-0.25, -0.2) is 9.59 Å². The Morgan fingerprint density at radius 2 is 1.45 bits per heavy atom. The molecule has 4 heterocycles. The highest BCUT2D eigenvalue weighted by Crippen LogP contribution is 2.61. The summed E-state index contributed by atoms with van der Waals surface area (Å²) >= 11 is 0. The van der Waals surface area contributed by atoms with E-state index in [1.165, 1.54) is 14.0 Å². The molecule has 2 bridgehead atoms. The number of carbonyl (C=O) groups excluding carboxylic acids is 3. The number of fused-ring (bicyclic) bond motifs is 4. The van der Waals surface area contributed by atoms with Crippen molar-refractivity contribution in [3.63, 3.8) is 0 Å². The first-order valence-electron chi connectivity index (χ1n) is 26.2. The Morgan fingerprint density at radius 1 is 0.808 bits per heavy atom. The number of aliphatic hydroxyl groups excluding tert-OH is 4. The Bertz CT molecular complexity index is 2250. The number of hydroxylamine groups is 2. The molecule has 1 spiro atoms. The summed E-state index contributed by atoms with van der Waals surface area (Å²) in [5.74, 6) is -4.16. The molecule has 8 rings (SSSR count). The van der Waals surface area contributed by atoms with Crippen molar-refractivity contribution in [1.82, 2.24) is 10.5 Å². The standard InChI is InChI=1S/C54H79N2O17/c1-24-13-16-37(70-41-23-52(10,56(64)65)47(32(9)69-41)55-51(63)66-12)26(3)19-33-18-25(2)29(6)22-54(33)49(61)42(50(62)73-54)48(60)53(11)35(24)15-14-34-43(53)27(4)17-28(5)46(34)72-40-21-38(45(59)31(8)68-40)71-39-20-36(57)44(58)30(7)67-39/h13-15,18-19,27-41,43-47,57-60,64H,16-17,20-23H2,1-12H3,(H,55,63)/q-1. The molecule has 8 aliphatic rings. The largest absolute Gasteiger partial charge is 0.762 e. The normalized spacial score (nSPS) is 47.3. The highest BCUT2D eigenvalue weighted by molar-refractivity contribution is 6.26. The number of aliphatic hydroxyl groups is 4. The van der Waals surface area contributed by atoms with E-state index in [0.717, 1.165) is 11.1 Å². The Kier molecular flexibility index (Phi) is 16.1. The molecule has 408 valence electrons. The second kappa shape index (κ2) is 21.1. The molecule has 1 saturated carbocycles. The lowest BCUT2D eigenvalue weighted by Crippen LogP contribution is -2.67. The zero-order chi connectivity index (χ0) is 53.4. The van der Waals surface area contributed by atoms with Crippen molar-refractivity contribution in [3.8, 4) is 0 Å². The van der Waals surface area contributed by atoms with Crippen LogP contribution in [0.1, 0.15) is 115 Å². The molecule has 0 aromatic carbocycles. The third kappa shape index (κ3) is 10.0. The second-order valence-corrected chi connectivity index (χ2v) is 23.1. The minimum absolute atomic E-state index is 0.0168. The minimum atomic E-state index is -1.69. The van der Waals surface area contributed by atoms with E-state index in [0.29, 0.717) is 12.0 Å². The van der Waals surface area contributed by atoms with Gasteiger partial charge in [0.05, 0.1) is 61.4 Å². The number of Topliss-reactive ketones (excluding diaryl/α,β-unsaturated/α-hetero) is 1. The molecule has 6 N–H and O–H groups in total. The van der Waals surface area contributed by atoms with E-state index in [-0.39, 0.29) is 72.3 Å². The number of hydrogen-bond acceptors (Lipinski definition) is 18. The maximum Gasteiger partial charge on any atom is 0.407 e. The molecule has 4 aliphatic heterocycles. The van der Waals surface area contributed by atoms with E-state index in [4.69, 9.17) is 37.9 Å². The number of ether oxygens (including phenoxy) is 8. The van der Waals surface area contributed by atoms with E-state index in [9.17, 15) is 40.4 Å². The number of carbonyl (C=O) groups is 3. The van der Waals surface area contributed by atoms with E-state index in [2.05, 4.69) is 25.2 Å². The monoisotopic (exact) mass is 1030 g/mol. The third-order valence-electron chi connectivity index (χ3n) is 18.1. The Balaban J connectivity index is 1.17. The lowest BCUT2D eigenvalue weighted by atomic mass is 9.49. The number of ketones is 1. The molecule has 19 nitrogen and oxygen atoms in total. The van der Waals surface area contributed by atoms with Gasteiger partial charge >= 0.3 is 12.1 Å². The number of amides is 1. The van der Waals surface area contributed by atoms with Crippen LogP contribution in [0.5, 0.6) is 0 Å². The zero-order valence-electron chi connectivity index (χ0n) is 44.3. The highest BCUT2D eigenvalue weighted by Gasteiger charge is 2.64. The molecule has 23 atom stereocenters. The third-order valence-corrected chi connectivity index (χ3v) is 18.1. The van der Waals surface area contributed by atoms with Gasteiger partial charge in [0.2, 0.25) is 5.78 Å².